The van der Waals surface area contributed by atoms with Crippen molar-refractivity contribution in [2.24, 2.45) is 0 Å². The third-order valence-electron chi connectivity index (χ3n) is 3.36. The fourth-order valence-corrected chi connectivity index (χ4v) is 2.18. The summed E-state index contributed by atoms with van der Waals surface area (Å²) in [6, 6.07) is 7.15. The quantitative estimate of drug-likeness (QED) is 0.490. The number of hydrogen-bond acceptors (Lipinski definition) is 8. The van der Waals surface area contributed by atoms with Crippen LogP contribution in [0, 0.1) is 0 Å². The highest BCUT2D eigenvalue weighted by molar-refractivity contribution is 5.69. The number of carbonyl (C=O) groups is 1. The Kier molecular flexibility index (Phi) is 6.30. The molecule has 2 rings (SSSR count). The number of ether oxygens (including phenoxy) is 1. The monoisotopic (exact) mass is 331 g/mol. The summed E-state index contributed by atoms with van der Waals surface area (Å²) in [5.41, 5.74) is 12.0. The Bertz CT molecular complexity index is 656. The molecule has 0 amide bonds. The number of aromatic nitrogens is 3. The number of aryl methyl sites for hydroxylation is 1. The number of anilines is 2. The Labute approximate surface area is 139 Å². The van der Waals surface area contributed by atoms with Gasteiger partial charge in [0.05, 0.1) is 0 Å². The van der Waals surface area contributed by atoms with E-state index in [-0.39, 0.29) is 36.0 Å². The number of benzene rings is 1. The number of nitrogens with two attached hydrogens (primary N) is 2. The van der Waals surface area contributed by atoms with Crippen molar-refractivity contribution in [1.82, 2.24) is 15.0 Å². The zero-order chi connectivity index (χ0) is 17.4. The van der Waals surface area contributed by atoms with Crippen LogP contribution in [0.3, 0.4) is 0 Å². The van der Waals surface area contributed by atoms with Gasteiger partial charge in [-0.05, 0) is 37.0 Å². The second-order valence-electron chi connectivity index (χ2n) is 5.36. The molecular formula is C16H21N5O3. The van der Waals surface area contributed by atoms with Crippen LogP contribution in [0.1, 0.15) is 37.1 Å². The largest absolute Gasteiger partial charge is 0.508 e. The molecule has 0 saturated heterocycles. The van der Waals surface area contributed by atoms with E-state index in [9.17, 15) is 9.90 Å². The van der Waals surface area contributed by atoms with Crippen LogP contribution in [-0.2, 0) is 22.6 Å². The Hall–Kier alpha value is -2.90. The fourth-order valence-electron chi connectivity index (χ4n) is 2.18. The van der Waals surface area contributed by atoms with Crippen LogP contribution in [-0.4, -0.2) is 26.0 Å². The highest BCUT2D eigenvalue weighted by Gasteiger charge is 2.07. The van der Waals surface area contributed by atoms with Crippen LogP contribution in [0.15, 0.2) is 24.3 Å². The lowest BCUT2D eigenvalue weighted by atomic mass is 10.1. The second-order valence-corrected chi connectivity index (χ2v) is 5.36. The van der Waals surface area contributed by atoms with Crippen LogP contribution in [0.2, 0.25) is 0 Å². The number of phenols is 1. The van der Waals surface area contributed by atoms with Gasteiger partial charge in [-0.3, -0.25) is 4.79 Å². The van der Waals surface area contributed by atoms with Crippen molar-refractivity contribution < 1.29 is 14.6 Å². The number of unbranched alkanes of at least 4 members (excludes halogenated alkanes) is 2. The first kappa shape index (κ1) is 17.5. The third-order valence-corrected chi connectivity index (χ3v) is 3.36. The van der Waals surface area contributed by atoms with Gasteiger partial charge < -0.3 is 21.3 Å². The summed E-state index contributed by atoms with van der Waals surface area (Å²) in [6.45, 7) is -0.0662. The first-order chi connectivity index (χ1) is 11.5. The molecule has 2 aromatic rings. The standard InChI is InChI=1S/C16H21N5O3/c17-15-19-13(20-16(18)21-15)10-24-14(23)5-3-1-2-4-11-6-8-12(22)9-7-11/h6-9,22H,1-5,10H2,(H4,17,18,19,20,21). The Morgan fingerprint density at radius 3 is 2.33 bits per heavy atom. The van der Waals surface area contributed by atoms with Gasteiger partial charge in [0, 0.05) is 6.42 Å². The van der Waals surface area contributed by atoms with Crippen molar-refractivity contribution in [3.8, 4) is 5.75 Å². The molecule has 0 aliphatic carbocycles. The molecule has 8 heteroatoms. The number of nitrogen functional groups attached to an aromatic ring is 2. The lowest BCUT2D eigenvalue weighted by Gasteiger charge is -2.05. The summed E-state index contributed by atoms with van der Waals surface area (Å²) < 4.78 is 5.09. The van der Waals surface area contributed by atoms with Gasteiger partial charge in [0.2, 0.25) is 11.9 Å². The second kappa shape index (κ2) is 8.66. The summed E-state index contributed by atoms with van der Waals surface area (Å²) in [6.07, 6.45) is 3.89. The topological polar surface area (TPSA) is 137 Å². The fraction of sp³-hybridized carbons (Fsp3) is 0.375. The maximum absolute atomic E-state index is 11.7. The molecule has 0 spiro atoms. The van der Waals surface area contributed by atoms with Gasteiger partial charge in [0.15, 0.2) is 12.4 Å². The summed E-state index contributed by atoms with van der Waals surface area (Å²) >= 11 is 0. The average molecular weight is 331 g/mol. The van der Waals surface area contributed by atoms with E-state index >= 15 is 0 Å². The highest BCUT2D eigenvalue weighted by Crippen LogP contribution is 2.13. The van der Waals surface area contributed by atoms with Crippen LogP contribution < -0.4 is 11.5 Å². The molecule has 8 nitrogen and oxygen atoms in total. The van der Waals surface area contributed by atoms with Crippen LogP contribution >= 0.6 is 0 Å². The molecular weight excluding hydrogens is 310 g/mol. The molecule has 1 heterocycles. The number of hydrogen-bond donors (Lipinski definition) is 3. The molecule has 0 radical (unpaired) electrons. The van der Waals surface area contributed by atoms with Crippen molar-refractivity contribution in [3.63, 3.8) is 0 Å². The van der Waals surface area contributed by atoms with E-state index in [1.165, 1.54) is 5.56 Å². The summed E-state index contributed by atoms with van der Waals surface area (Å²) in [7, 11) is 0. The van der Waals surface area contributed by atoms with Gasteiger partial charge in [-0.15, -0.1) is 0 Å². The minimum absolute atomic E-state index is 0.00257. The van der Waals surface area contributed by atoms with E-state index in [4.69, 9.17) is 16.2 Å². The Morgan fingerprint density at radius 2 is 1.67 bits per heavy atom. The summed E-state index contributed by atoms with van der Waals surface area (Å²) in [4.78, 5) is 23.0. The molecule has 0 aliphatic rings. The molecule has 0 bridgehead atoms. The molecule has 1 aromatic carbocycles. The lowest BCUT2D eigenvalue weighted by Crippen LogP contribution is -2.10. The minimum atomic E-state index is -0.308. The normalized spacial score (nSPS) is 10.5. The summed E-state index contributed by atoms with van der Waals surface area (Å²) in [5, 5.41) is 9.21. The molecule has 24 heavy (non-hydrogen) atoms. The average Bonchev–Trinajstić information content (AvgIpc) is 2.53. The van der Waals surface area contributed by atoms with Crippen molar-refractivity contribution in [3.05, 3.63) is 35.7 Å². The van der Waals surface area contributed by atoms with E-state index in [0.717, 1.165) is 25.7 Å². The number of phenolic OH excluding ortho intramolecular Hbond substituents is 1. The maximum atomic E-state index is 11.7. The van der Waals surface area contributed by atoms with Gasteiger partial charge >= 0.3 is 5.97 Å². The molecule has 5 N–H and O–H groups in total. The van der Waals surface area contributed by atoms with Crippen LogP contribution in [0.5, 0.6) is 5.75 Å². The van der Waals surface area contributed by atoms with E-state index in [1.807, 2.05) is 12.1 Å². The van der Waals surface area contributed by atoms with Crippen molar-refractivity contribution in [1.29, 1.82) is 0 Å². The van der Waals surface area contributed by atoms with Crippen molar-refractivity contribution >= 4 is 17.9 Å². The minimum Gasteiger partial charge on any atom is -0.508 e. The third kappa shape index (κ3) is 6.07. The molecule has 128 valence electrons. The zero-order valence-corrected chi connectivity index (χ0v) is 13.3. The predicted octanol–water partition coefficient (Wildman–Crippen LogP) is 1.59. The Morgan fingerprint density at radius 1 is 1.00 bits per heavy atom. The molecule has 0 saturated carbocycles. The van der Waals surface area contributed by atoms with Gasteiger partial charge in [-0.1, -0.05) is 18.6 Å². The SMILES string of the molecule is Nc1nc(N)nc(COC(=O)CCCCCc2ccc(O)cc2)n1. The number of aromatic hydroxyl groups is 1. The van der Waals surface area contributed by atoms with E-state index in [2.05, 4.69) is 15.0 Å². The zero-order valence-electron chi connectivity index (χ0n) is 13.3. The summed E-state index contributed by atoms with van der Waals surface area (Å²) in [5.74, 6) is 0.201. The molecule has 0 unspecified atom stereocenters. The van der Waals surface area contributed by atoms with Gasteiger partial charge in [-0.25, -0.2) is 0 Å². The highest BCUT2D eigenvalue weighted by atomic mass is 16.5. The van der Waals surface area contributed by atoms with E-state index in [1.54, 1.807) is 12.1 Å². The molecule has 0 fully saturated rings. The molecule has 1 aromatic heterocycles. The van der Waals surface area contributed by atoms with Gasteiger partial charge in [-0.2, -0.15) is 15.0 Å². The van der Waals surface area contributed by atoms with Crippen LogP contribution in [0.4, 0.5) is 11.9 Å². The number of rotatable bonds is 8. The maximum Gasteiger partial charge on any atom is 0.306 e. The first-order valence-corrected chi connectivity index (χ1v) is 7.72. The number of nitrogens with zero attached hydrogens (tertiary/aromatic N) is 3. The molecule has 0 aliphatic heterocycles. The Balaban J connectivity index is 1.60. The smallest absolute Gasteiger partial charge is 0.306 e. The van der Waals surface area contributed by atoms with E-state index in [0.29, 0.717) is 6.42 Å². The van der Waals surface area contributed by atoms with E-state index < -0.39 is 0 Å². The van der Waals surface area contributed by atoms with Crippen molar-refractivity contribution in [2.75, 3.05) is 11.5 Å². The molecule has 0 atom stereocenters. The lowest BCUT2D eigenvalue weighted by molar-refractivity contribution is -0.145. The number of carbonyl (C=O) groups excluding carboxylic acids is 1. The number of esters is 1. The van der Waals surface area contributed by atoms with Gasteiger partial charge in [0.1, 0.15) is 5.75 Å². The van der Waals surface area contributed by atoms with Crippen molar-refractivity contribution in [2.45, 2.75) is 38.7 Å². The van der Waals surface area contributed by atoms with Gasteiger partial charge in [0.25, 0.3) is 0 Å². The first-order valence-electron chi connectivity index (χ1n) is 7.72. The predicted molar refractivity (Wildman–Crippen MR) is 88.7 cm³/mol. The van der Waals surface area contributed by atoms with Crippen LogP contribution in [0.25, 0.3) is 0 Å².